The van der Waals surface area contributed by atoms with Gasteiger partial charge in [0.25, 0.3) is 0 Å². The number of halogens is 1. The zero-order valence-electron chi connectivity index (χ0n) is 15.7. The number of hydrogen-bond acceptors (Lipinski definition) is 5. The molecular formula is C22H18FNO4. The van der Waals surface area contributed by atoms with Crippen molar-refractivity contribution in [3.63, 3.8) is 0 Å². The molecule has 0 aliphatic rings. The Morgan fingerprint density at radius 1 is 0.821 bits per heavy atom. The molecule has 3 aromatic carbocycles. The highest BCUT2D eigenvalue weighted by Gasteiger charge is 2.18. The fraction of sp³-hybridized carbons (Fsp3) is 0.136. The minimum Gasteiger partial charge on any atom is -0.493 e. The zero-order chi connectivity index (χ0) is 19.7. The minimum absolute atomic E-state index is 0.337. The van der Waals surface area contributed by atoms with Gasteiger partial charge in [-0.1, -0.05) is 12.1 Å². The van der Waals surface area contributed by atoms with Crippen molar-refractivity contribution in [2.75, 3.05) is 21.3 Å². The second-order valence-electron chi connectivity index (χ2n) is 6.09. The molecule has 0 fully saturated rings. The lowest BCUT2D eigenvalue weighted by atomic mass is 10.0. The van der Waals surface area contributed by atoms with Crippen molar-refractivity contribution >= 4 is 11.1 Å². The number of benzene rings is 3. The van der Waals surface area contributed by atoms with E-state index in [0.29, 0.717) is 39.8 Å². The Hall–Kier alpha value is -3.54. The fourth-order valence-corrected chi connectivity index (χ4v) is 3.17. The van der Waals surface area contributed by atoms with Crippen LogP contribution in [0.4, 0.5) is 4.39 Å². The van der Waals surface area contributed by atoms with E-state index in [1.165, 1.54) is 12.1 Å². The lowest BCUT2D eigenvalue weighted by molar-refractivity contribution is 0.325. The molecular weight excluding hydrogens is 361 g/mol. The summed E-state index contributed by atoms with van der Waals surface area (Å²) in [6.07, 6.45) is 0. The van der Waals surface area contributed by atoms with Gasteiger partial charge in [0.1, 0.15) is 11.3 Å². The summed E-state index contributed by atoms with van der Waals surface area (Å²) in [5.74, 6) is 1.69. The van der Waals surface area contributed by atoms with Gasteiger partial charge in [-0.15, -0.1) is 0 Å². The van der Waals surface area contributed by atoms with E-state index in [1.54, 1.807) is 33.5 Å². The van der Waals surface area contributed by atoms with Crippen molar-refractivity contribution in [1.29, 1.82) is 0 Å². The molecule has 1 aromatic heterocycles. The van der Waals surface area contributed by atoms with E-state index in [0.717, 1.165) is 11.1 Å². The largest absolute Gasteiger partial charge is 0.493 e. The molecule has 0 radical (unpaired) electrons. The SMILES string of the molecule is COc1ccc(-c2ccc3nc(-c4cccc(F)c4)oc3c2)c(OC)c1OC. The Morgan fingerprint density at radius 2 is 1.64 bits per heavy atom. The van der Waals surface area contributed by atoms with Gasteiger partial charge in [-0.25, -0.2) is 9.37 Å². The van der Waals surface area contributed by atoms with E-state index >= 15 is 0 Å². The highest BCUT2D eigenvalue weighted by molar-refractivity contribution is 5.85. The average Bonchev–Trinajstić information content (AvgIpc) is 3.15. The summed E-state index contributed by atoms with van der Waals surface area (Å²) in [6.45, 7) is 0. The van der Waals surface area contributed by atoms with E-state index in [2.05, 4.69) is 4.98 Å². The molecule has 0 saturated heterocycles. The van der Waals surface area contributed by atoms with Gasteiger partial charge in [0.05, 0.1) is 21.3 Å². The zero-order valence-corrected chi connectivity index (χ0v) is 15.7. The maximum atomic E-state index is 13.5. The van der Waals surface area contributed by atoms with Crippen molar-refractivity contribution in [3.8, 4) is 39.8 Å². The van der Waals surface area contributed by atoms with Crippen LogP contribution in [0.1, 0.15) is 0 Å². The summed E-state index contributed by atoms with van der Waals surface area (Å²) < 4.78 is 35.7. The van der Waals surface area contributed by atoms with Crippen molar-refractivity contribution in [1.82, 2.24) is 4.98 Å². The van der Waals surface area contributed by atoms with Gasteiger partial charge in [0, 0.05) is 11.1 Å². The van der Waals surface area contributed by atoms with Crippen molar-refractivity contribution in [2.45, 2.75) is 0 Å². The maximum Gasteiger partial charge on any atom is 0.227 e. The van der Waals surface area contributed by atoms with E-state index in [1.807, 2.05) is 30.3 Å². The average molecular weight is 379 g/mol. The van der Waals surface area contributed by atoms with Gasteiger partial charge in [-0.05, 0) is 48.0 Å². The molecule has 4 rings (SSSR count). The second kappa shape index (κ2) is 7.23. The summed E-state index contributed by atoms with van der Waals surface area (Å²) in [6, 6.07) is 15.5. The third-order valence-electron chi connectivity index (χ3n) is 4.48. The molecule has 0 saturated carbocycles. The number of ether oxygens (including phenoxy) is 3. The molecule has 142 valence electrons. The van der Waals surface area contributed by atoms with E-state index in [4.69, 9.17) is 18.6 Å². The Kier molecular flexibility index (Phi) is 4.61. The molecule has 4 aromatic rings. The Morgan fingerprint density at radius 3 is 2.36 bits per heavy atom. The van der Waals surface area contributed by atoms with Crippen molar-refractivity contribution < 1.29 is 23.0 Å². The first-order valence-electron chi connectivity index (χ1n) is 8.60. The fourth-order valence-electron chi connectivity index (χ4n) is 3.17. The molecule has 0 atom stereocenters. The molecule has 0 spiro atoms. The summed E-state index contributed by atoms with van der Waals surface area (Å²) >= 11 is 0. The van der Waals surface area contributed by atoms with E-state index in [-0.39, 0.29) is 5.82 Å². The number of methoxy groups -OCH3 is 3. The molecule has 6 heteroatoms. The van der Waals surface area contributed by atoms with Crippen LogP contribution in [0.2, 0.25) is 0 Å². The van der Waals surface area contributed by atoms with Gasteiger partial charge in [0.15, 0.2) is 17.1 Å². The first kappa shape index (κ1) is 17.9. The normalized spacial score (nSPS) is 10.9. The van der Waals surface area contributed by atoms with E-state index < -0.39 is 0 Å². The predicted octanol–water partition coefficient (Wildman–Crippen LogP) is 5.33. The van der Waals surface area contributed by atoms with Gasteiger partial charge in [-0.2, -0.15) is 0 Å². The first-order valence-corrected chi connectivity index (χ1v) is 8.60. The van der Waals surface area contributed by atoms with Crippen LogP contribution in [0.5, 0.6) is 17.2 Å². The Bertz CT molecular complexity index is 1150. The molecule has 1 heterocycles. The Balaban J connectivity index is 1.82. The van der Waals surface area contributed by atoms with Crippen LogP contribution in [0.15, 0.2) is 59.0 Å². The number of rotatable bonds is 5. The van der Waals surface area contributed by atoms with Crippen molar-refractivity contribution in [2.24, 2.45) is 0 Å². The summed E-state index contributed by atoms with van der Waals surface area (Å²) in [7, 11) is 4.72. The molecule has 5 nitrogen and oxygen atoms in total. The second-order valence-corrected chi connectivity index (χ2v) is 6.09. The smallest absolute Gasteiger partial charge is 0.227 e. The summed E-state index contributed by atoms with van der Waals surface area (Å²) in [4.78, 5) is 4.45. The number of nitrogens with zero attached hydrogens (tertiary/aromatic N) is 1. The number of aromatic nitrogens is 1. The van der Waals surface area contributed by atoms with Crippen LogP contribution >= 0.6 is 0 Å². The van der Waals surface area contributed by atoms with Crippen LogP contribution in [0, 0.1) is 5.82 Å². The topological polar surface area (TPSA) is 53.7 Å². The third-order valence-corrected chi connectivity index (χ3v) is 4.48. The summed E-state index contributed by atoms with van der Waals surface area (Å²) in [5, 5.41) is 0. The number of hydrogen-bond donors (Lipinski definition) is 0. The van der Waals surface area contributed by atoms with E-state index in [9.17, 15) is 4.39 Å². The van der Waals surface area contributed by atoms with Crippen LogP contribution in [0.25, 0.3) is 33.7 Å². The summed E-state index contributed by atoms with van der Waals surface area (Å²) in [5.41, 5.74) is 3.55. The third kappa shape index (κ3) is 3.03. The van der Waals surface area contributed by atoms with Crippen LogP contribution in [0.3, 0.4) is 0 Å². The maximum absolute atomic E-state index is 13.5. The molecule has 28 heavy (non-hydrogen) atoms. The minimum atomic E-state index is -0.337. The van der Waals surface area contributed by atoms with Crippen LogP contribution < -0.4 is 14.2 Å². The lowest BCUT2D eigenvalue weighted by Gasteiger charge is -2.15. The Labute approximate surface area is 161 Å². The van der Waals surface area contributed by atoms with Crippen LogP contribution in [-0.2, 0) is 0 Å². The highest BCUT2D eigenvalue weighted by Crippen LogP contribution is 2.44. The highest BCUT2D eigenvalue weighted by atomic mass is 19.1. The predicted molar refractivity (Wildman–Crippen MR) is 104 cm³/mol. The lowest BCUT2D eigenvalue weighted by Crippen LogP contribution is -1.96. The van der Waals surface area contributed by atoms with Crippen molar-refractivity contribution in [3.05, 3.63) is 60.4 Å². The molecule has 0 aliphatic carbocycles. The molecule has 0 bridgehead atoms. The molecule has 0 unspecified atom stereocenters. The van der Waals surface area contributed by atoms with Gasteiger partial charge < -0.3 is 18.6 Å². The van der Waals surface area contributed by atoms with Gasteiger partial charge in [-0.3, -0.25) is 0 Å². The quantitative estimate of drug-likeness (QED) is 0.469. The molecule has 0 N–H and O–H groups in total. The molecule has 0 amide bonds. The van der Waals surface area contributed by atoms with Crippen LogP contribution in [-0.4, -0.2) is 26.3 Å². The standard InChI is InChI=1S/C22H18FNO4/c1-25-18-10-8-16(20(26-2)21(18)27-3)13-7-9-17-19(12-13)28-22(24-17)14-5-4-6-15(23)11-14/h4-12H,1-3H3. The van der Waals surface area contributed by atoms with Gasteiger partial charge >= 0.3 is 0 Å². The van der Waals surface area contributed by atoms with Gasteiger partial charge in [0.2, 0.25) is 11.6 Å². The number of fused-ring (bicyclic) bond motifs is 1. The first-order chi connectivity index (χ1) is 13.6. The molecule has 0 aliphatic heterocycles. The monoisotopic (exact) mass is 379 g/mol. The number of oxazole rings is 1.